The normalized spacial score (nSPS) is 15.5. The fourth-order valence-corrected chi connectivity index (χ4v) is 3.92. The molecule has 1 aromatic carbocycles. The first-order chi connectivity index (χ1) is 13.1. The lowest BCUT2D eigenvalue weighted by atomic mass is 9.70. The van der Waals surface area contributed by atoms with Crippen LogP contribution in [0.3, 0.4) is 0 Å². The van der Waals surface area contributed by atoms with Crippen molar-refractivity contribution in [2.24, 2.45) is 0 Å². The summed E-state index contributed by atoms with van der Waals surface area (Å²) in [4.78, 5) is 0. The van der Waals surface area contributed by atoms with Crippen LogP contribution in [0.2, 0.25) is 0 Å². The molecule has 0 aliphatic carbocycles. The van der Waals surface area contributed by atoms with Gasteiger partial charge in [-0.15, -0.1) is 0 Å². The van der Waals surface area contributed by atoms with E-state index in [0.717, 1.165) is 13.5 Å². The van der Waals surface area contributed by atoms with Crippen molar-refractivity contribution >= 4 is 0 Å². The van der Waals surface area contributed by atoms with Crippen molar-refractivity contribution in [2.75, 3.05) is 7.11 Å². The predicted octanol–water partition coefficient (Wildman–Crippen LogP) is 7.38. The van der Waals surface area contributed by atoms with E-state index in [1.807, 2.05) is 6.92 Å². The van der Waals surface area contributed by atoms with Crippen molar-refractivity contribution < 1.29 is 26.7 Å². The van der Waals surface area contributed by atoms with Gasteiger partial charge in [-0.3, -0.25) is 0 Å². The molecule has 6 heteroatoms. The topological polar surface area (TPSA) is 9.23 Å². The highest BCUT2D eigenvalue weighted by Crippen LogP contribution is 2.55. The third kappa shape index (κ3) is 4.69. The maximum atomic E-state index is 16.3. The summed E-state index contributed by atoms with van der Waals surface area (Å²) < 4.78 is 81.5. The lowest BCUT2D eigenvalue weighted by Crippen LogP contribution is -2.68. The van der Waals surface area contributed by atoms with E-state index < -0.39 is 36.0 Å². The molecule has 162 valence electrons. The van der Waals surface area contributed by atoms with E-state index in [0.29, 0.717) is 12.8 Å². The standard InChI is InChI=1S/C22H33F5O/c1-5-8-9-13-16-21(24,25)22(26,27)20(23,19(6-2,7-3)28-4)17-18-14-11-10-12-15-18/h10-12,14-15H,5-9,13,16-17H2,1-4H3. The second-order valence-electron chi connectivity index (χ2n) is 7.46. The Kier molecular flexibility index (Phi) is 8.92. The number of methoxy groups -OCH3 is 1. The third-order valence-corrected chi connectivity index (χ3v) is 5.85. The quantitative estimate of drug-likeness (QED) is 0.244. The van der Waals surface area contributed by atoms with Crippen LogP contribution in [0.5, 0.6) is 0 Å². The molecule has 0 bridgehead atoms. The minimum Gasteiger partial charge on any atom is -0.375 e. The molecular weight excluding hydrogens is 375 g/mol. The molecule has 0 heterocycles. The highest BCUT2D eigenvalue weighted by atomic mass is 19.3. The summed E-state index contributed by atoms with van der Waals surface area (Å²) in [5.74, 6) is -9.36. The zero-order chi connectivity index (χ0) is 21.5. The van der Waals surface area contributed by atoms with Gasteiger partial charge in [0.15, 0.2) is 0 Å². The Bertz CT molecular complexity index is 563. The van der Waals surface area contributed by atoms with Crippen molar-refractivity contribution in [1.29, 1.82) is 0 Å². The molecule has 0 saturated heterocycles. The van der Waals surface area contributed by atoms with E-state index in [2.05, 4.69) is 0 Å². The first-order valence-electron chi connectivity index (χ1n) is 10.1. The van der Waals surface area contributed by atoms with Crippen LogP contribution in [-0.2, 0) is 11.2 Å². The lowest BCUT2D eigenvalue weighted by molar-refractivity contribution is -0.318. The van der Waals surface area contributed by atoms with Gasteiger partial charge in [0.1, 0.15) is 5.60 Å². The number of hydrogen-bond acceptors (Lipinski definition) is 1. The van der Waals surface area contributed by atoms with Gasteiger partial charge >= 0.3 is 11.8 Å². The third-order valence-electron chi connectivity index (χ3n) is 5.85. The number of ether oxygens (including phenoxy) is 1. The summed E-state index contributed by atoms with van der Waals surface area (Å²) in [6.45, 7) is 4.87. The van der Waals surface area contributed by atoms with E-state index in [1.54, 1.807) is 18.2 Å². The smallest absolute Gasteiger partial charge is 0.346 e. The van der Waals surface area contributed by atoms with Gasteiger partial charge in [0.2, 0.25) is 5.67 Å². The minimum absolute atomic E-state index is 0.0733. The fraction of sp³-hybridized carbons (Fsp3) is 0.727. The molecule has 0 aliphatic heterocycles. The second-order valence-corrected chi connectivity index (χ2v) is 7.46. The van der Waals surface area contributed by atoms with Crippen molar-refractivity contribution in [3.63, 3.8) is 0 Å². The van der Waals surface area contributed by atoms with E-state index in [4.69, 9.17) is 4.74 Å². The molecule has 28 heavy (non-hydrogen) atoms. The van der Waals surface area contributed by atoms with Gasteiger partial charge in [0, 0.05) is 20.0 Å². The molecule has 0 N–H and O–H groups in total. The van der Waals surface area contributed by atoms with E-state index >= 15 is 13.2 Å². The Morgan fingerprint density at radius 1 is 0.821 bits per heavy atom. The summed E-state index contributed by atoms with van der Waals surface area (Å²) in [6, 6.07) is 7.74. The van der Waals surface area contributed by atoms with E-state index in [1.165, 1.54) is 26.0 Å². The van der Waals surface area contributed by atoms with Crippen LogP contribution in [0.4, 0.5) is 22.0 Å². The van der Waals surface area contributed by atoms with Gasteiger partial charge in [-0.2, -0.15) is 17.6 Å². The highest BCUT2D eigenvalue weighted by molar-refractivity contribution is 5.23. The molecule has 0 amide bonds. The van der Waals surface area contributed by atoms with Crippen LogP contribution >= 0.6 is 0 Å². The SMILES string of the molecule is CCCCCCC(F)(F)C(F)(F)C(F)(Cc1ccccc1)C(CC)(CC)OC. The Morgan fingerprint density at radius 2 is 1.39 bits per heavy atom. The number of unbranched alkanes of at least 4 members (excludes halogenated alkanes) is 3. The molecule has 0 saturated carbocycles. The molecule has 0 aromatic heterocycles. The summed E-state index contributed by atoms with van der Waals surface area (Å²) in [7, 11) is 1.11. The summed E-state index contributed by atoms with van der Waals surface area (Å²) >= 11 is 0. The van der Waals surface area contributed by atoms with Crippen LogP contribution in [0.1, 0.15) is 71.3 Å². The summed E-state index contributed by atoms with van der Waals surface area (Å²) in [6.07, 6.45) is -0.378. The Balaban J connectivity index is 3.39. The molecule has 0 radical (unpaired) electrons. The molecule has 1 atom stereocenters. The molecule has 1 aromatic rings. The number of benzene rings is 1. The molecule has 1 unspecified atom stereocenters. The first-order valence-corrected chi connectivity index (χ1v) is 10.1. The molecule has 1 rings (SSSR count). The summed E-state index contributed by atoms with van der Waals surface area (Å²) in [5.41, 5.74) is -5.36. The molecule has 0 aliphatic rings. The Labute approximate surface area is 165 Å². The van der Waals surface area contributed by atoms with Gasteiger partial charge in [-0.1, -0.05) is 70.4 Å². The Morgan fingerprint density at radius 3 is 1.86 bits per heavy atom. The van der Waals surface area contributed by atoms with Crippen LogP contribution < -0.4 is 0 Å². The number of alkyl halides is 5. The minimum atomic E-state index is -4.88. The fourth-order valence-electron chi connectivity index (χ4n) is 3.92. The van der Waals surface area contributed by atoms with Gasteiger partial charge in [0.25, 0.3) is 0 Å². The van der Waals surface area contributed by atoms with Crippen LogP contribution in [0.25, 0.3) is 0 Å². The number of rotatable bonds is 13. The molecule has 0 fully saturated rings. The van der Waals surface area contributed by atoms with Gasteiger partial charge < -0.3 is 4.74 Å². The number of hydrogen-bond donors (Lipinski definition) is 0. The van der Waals surface area contributed by atoms with Crippen LogP contribution in [0.15, 0.2) is 30.3 Å². The molecule has 1 nitrogen and oxygen atoms in total. The van der Waals surface area contributed by atoms with Crippen molar-refractivity contribution in [3.8, 4) is 0 Å². The predicted molar refractivity (Wildman–Crippen MR) is 103 cm³/mol. The average molecular weight is 408 g/mol. The highest BCUT2D eigenvalue weighted by Gasteiger charge is 2.75. The monoisotopic (exact) mass is 408 g/mol. The Hall–Kier alpha value is -1.17. The van der Waals surface area contributed by atoms with E-state index in [-0.39, 0.29) is 24.8 Å². The van der Waals surface area contributed by atoms with Crippen molar-refractivity contribution in [2.45, 2.75) is 95.3 Å². The molecular formula is C22H33F5O. The van der Waals surface area contributed by atoms with Gasteiger partial charge in [0.05, 0.1) is 0 Å². The second kappa shape index (κ2) is 10.0. The maximum Gasteiger partial charge on any atom is 0.346 e. The van der Waals surface area contributed by atoms with Crippen molar-refractivity contribution in [1.82, 2.24) is 0 Å². The number of halogens is 5. The maximum absolute atomic E-state index is 16.3. The summed E-state index contributed by atoms with van der Waals surface area (Å²) in [5, 5.41) is 0. The zero-order valence-electron chi connectivity index (χ0n) is 17.3. The van der Waals surface area contributed by atoms with Crippen LogP contribution in [-0.4, -0.2) is 30.2 Å². The average Bonchev–Trinajstić information content (AvgIpc) is 2.67. The van der Waals surface area contributed by atoms with Gasteiger partial charge in [-0.05, 0) is 24.8 Å². The zero-order valence-corrected chi connectivity index (χ0v) is 17.3. The van der Waals surface area contributed by atoms with Gasteiger partial charge in [-0.25, -0.2) is 4.39 Å². The first kappa shape index (κ1) is 24.9. The largest absolute Gasteiger partial charge is 0.375 e. The van der Waals surface area contributed by atoms with Crippen molar-refractivity contribution in [3.05, 3.63) is 35.9 Å². The van der Waals surface area contributed by atoms with E-state index in [9.17, 15) is 8.78 Å². The van der Waals surface area contributed by atoms with Crippen LogP contribution in [0, 0.1) is 0 Å². The molecule has 0 spiro atoms. The lowest BCUT2D eigenvalue weighted by Gasteiger charge is -2.49.